The Balaban J connectivity index is 1.52. The van der Waals surface area contributed by atoms with Gasteiger partial charge in [-0.15, -0.1) is 0 Å². The van der Waals surface area contributed by atoms with Crippen molar-refractivity contribution in [2.45, 2.75) is 25.9 Å². The summed E-state index contributed by atoms with van der Waals surface area (Å²) in [5, 5.41) is 19.3. The third kappa shape index (κ3) is 5.34. The molecule has 4 aromatic rings. The third-order valence-corrected chi connectivity index (χ3v) is 5.91. The number of aromatic hydroxyl groups is 1. The van der Waals surface area contributed by atoms with Crippen LogP contribution in [0.4, 0.5) is 17.6 Å². The summed E-state index contributed by atoms with van der Waals surface area (Å²) in [5.74, 6) is -7.23. The molecule has 0 bridgehead atoms. The highest BCUT2D eigenvalue weighted by molar-refractivity contribution is 5.92. The second-order valence-corrected chi connectivity index (χ2v) is 8.39. The molecule has 0 amide bonds. The zero-order valence-corrected chi connectivity index (χ0v) is 19.6. The average molecular weight is 510 g/mol. The molecule has 1 atom stereocenters. The largest absolute Gasteiger partial charge is 0.505 e. The standard InChI is InChI=1S/C29H22F4O4/c1-2-3-23(34)18-6-4-16(5-7-18)20-12-13-22(27(32)25(20)30)29(36)37-19-10-8-17(9-11-19)21-14-15-24(35)28(33)26(21)31/h4-15,23,34-35H,2-3H2,1H3. The van der Waals surface area contributed by atoms with Crippen molar-refractivity contribution in [1.82, 2.24) is 0 Å². The molecule has 2 N–H and O–H groups in total. The maximum atomic E-state index is 14.9. The van der Waals surface area contributed by atoms with Crippen LogP contribution in [-0.4, -0.2) is 16.2 Å². The molecule has 8 heteroatoms. The predicted octanol–water partition coefficient (Wildman–Crippen LogP) is 7.34. The number of ether oxygens (including phenoxy) is 1. The lowest BCUT2D eigenvalue weighted by Crippen LogP contribution is -2.12. The van der Waals surface area contributed by atoms with Gasteiger partial charge in [0, 0.05) is 11.1 Å². The van der Waals surface area contributed by atoms with Gasteiger partial charge in [0.25, 0.3) is 0 Å². The Morgan fingerprint density at radius 1 is 0.757 bits per heavy atom. The van der Waals surface area contributed by atoms with Gasteiger partial charge >= 0.3 is 5.97 Å². The first-order chi connectivity index (χ1) is 17.7. The molecule has 0 heterocycles. The van der Waals surface area contributed by atoms with Crippen LogP contribution < -0.4 is 4.74 Å². The Hall–Kier alpha value is -4.17. The van der Waals surface area contributed by atoms with Gasteiger partial charge in [-0.25, -0.2) is 18.0 Å². The number of aliphatic hydroxyl groups is 1. The summed E-state index contributed by atoms with van der Waals surface area (Å²) in [6.07, 6.45) is 0.725. The van der Waals surface area contributed by atoms with Crippen molar-refractivity contribution in [2.75, 3.05) is 0 Å². The molecule has 1 unspecified atom stereocenters. The predicted molar refractivity (Wildman–Crippen MR) is 130 cm³/mol. The van der Waals surface area contributed by atoms with Crippen LogP contribution in [0.15, 0.2) is 72.8 Å². The molecule has 37 heavy (non-hydrogen) atoms. The van der Waals surface area contributed by atoms with Crippen molar-refractivity contribution in [1.29, 1.82) is 0 Å². The van der Waals surface area contributed by atoms with Gasteiger partial charge in [0.1, 0.15) is 5.75 Å². The fourth-order valence-electron chi connectivity index (χ4n) is 3.88. The van der Waals surface area contributed by atoms with Gasteiger partial charge in [0.2, 0.25) is 5.82 Å². The van der Waals surface area contributed by atoms with E-state index in [-0.39, 0.29) is 22.4 Å². The SMILES string of the molecule is CCCC(O)c1ccc(-c2ccc(C(=O)Oc3ccc(-c4ccc(O)c(F)c4F)cc3)c(F)c2F)cc1. The van der Waals surface area contributed by atoms with Crippen molar-refractivity contribution in [2.24, 2.45) is 0 Å². The Morgan fingerprint density at radius 3 is 1.89 bits per heavy atom. The molecule has 0 aliphatic rings. The Morgan fingerprint density at radius 2 is 1.30 bits per heavy atom. The summed E-state index contributed by atoms with van der Waals surface area (Å²) in [6.45, 7) is 1.94. The zero-order valence-electron chi connectivity index (χ0n) is 19.6. The molecule has 0 aromatic heterocycles. The number of halogens is 4. The van der Waals surface area contributed by atoms with Crippen LogP contribution in [0.5, 0.6) is 11.5 Å². The van der Waals surface area contributed by atoms with Crippen molar-refractivity contribution < 1.29 is 37.3 Å². The quantitative estimate of drug-likeness (QED) is 0.155. The second-order valence-electron chi connectivity index (χ2n) is 8.39. The number of phenols is 1. The number of carbonyl (C=O) groups excluding carboxylic acids is 1. The number of rotatable bonds is 7. The third-order valence-electron chi connectivity index (χ3n) is 5.91. The van der Waals surface area contributed by atoms with Gasteiger partial charge in [-0.3, -0.25) is 0 Å². The van der Waals surface area contributed by atoms with Crippen LogP contribution in [-0.2, 0) is 0 Å². The highest BCUT2D eigenvalue weighted by atomic mass is 19.2. The number of hydrogen-bond donors (Lipinski definition) is 2. The van der Waals surface area contributed by atoms with Gasteiger partial charge < -0.3 is 14.9 Å². The highest BCUT2D eigenvalue weighted by Gasteiger charge is 2.22. The van der Waals surface area contributed by atoms with E-state index in [2.05, 4.69) is 0 Å². The van der Waals surface area contributed by atoms with Crippen molar-refractivity contribution in [3.8, 4) is 33.8 Å². The van der Waals surface area contributed by atoms with E-state index in [4.69, 9.17) is 4.74 Å². The normalized spacial score (nSPS) is 11.8. The van der Waals surface area contributed by atoms with Crippen LogP contribution in [0.3, 0.4) is 0 Å². The zero-order chi connectivity index (χ0) is 26.7. The Bertz CT molecular complexity index is 1430. The molecule has 0 aliphatic carbocycles. The van der Waals surface area contributed by atoms with E-state index in [9.17, 15) is 32.6 Å². The van der Waals surface area contributed by atoms with Gasteiger partial charge in [0.15, 0.2) is 23.2 Å². The fourth-order valence-corrected chi connectivity index (χ4v) is 3.88. The van der Waals surface area contributed by atoms with Crippen molar-refractivity contribution in [3.63, 3.8) is 0 Å². The van der Waals surface area contributed by atoms with Gasteiger partial charge in [-0.2, -0.15) is 4.39 Å². The lowest BCUT2D eigenvalue weighted by Gasteiger charge is -2.12. The maximum Gasteiger partial charge on any atom is 0.346 e. The summed E-state index contributed by atoms with van der Waals surface area (Å²) < 4.78 is 62.5. The number of carbonyl (C=O) groups is 1. The molecule has 190 valence electrons. The summed E-state index contributed by atoms with van der Waals surface area (Å²) in [5.41, 5.74) is 0.481. The molecule has 0 aliphatic heterocycles. The molecule has 4 rings (SSSR count). The molecule has 4 nitrogen and oxygen atoms in total. The number of aliphatic hydroxyl groups excluding tert-OH is 1. The summed E-state index contributed by atoms with van der Waals surface area (Å²) >= 11 is 0. The Labute approximate surface area is 210 Å². The molecule has 0 fully saturated rings. The van der Waals surface area contributed by atoms with Crippen LogP contribution in [0.2, 0.25) is 0 Å². The van der Waals surface area contributed by atoms with Crippen molar-refractivity contribution >= 4 is 5.97 Å². The number of phenolic OH excluding ortho intramolecular Hbond substituents is 1. The average Bonchev–Trinajstić information content (AvgIpc) is 2.90. The minimum Gasteiger partial charge on any atom is -0.505 e. The first kappa shape index (κ1) is 25.9. The molecule has 0 radical (unpaired) electrons. The highest BCUT2D eigenvalue weighted by Crippen LogP contribution is 2.31. The van der Waals surface area contributed by atoms with E-state index in [1.807, 2.05) is 6.92 Å². The number of benzene rings is 4. The van der Waals surface area contributed by atoms with Crippen LogP contribution in [0.1, 0.15) is 41.8 Å². The number of esters is 1. The topological polar surface area (TPSA) is 66.8 Å². The molecule has 4 aromatic carbocycles. The van der Waals surface area contributed by atoms with Gasteiger partial charge in [-0.1, -0.05) is 55.8 Å². The van der Waals surface area contributed by atoms with Gasteiger partial charge in [0.05, 0.1) is 11.7 Å². The first-order valence-electron chi connectivity index (χ1n) is 11.5. The van der Waals surface area contributed by atoms with Crippen LogP contribution in [0.25, 0.3) is 22.3 Å². The van der Waals surface area contributed by atoms with E-state index in [1.165, 1.54) is 36.4 Å². The lowest BCUT2D eigenvalue weighted by atomic mass is 9.98. The van der Waals surface area contributed by atoms with Crippen LogP contribution >= 0.6 is 0 Å². The molecule has 0 saturated heterocycles. The smallest absolute Gasteiger partial charge is 0.346 e. The van der Waals surface area contributed by atoms with Crippen molar-refractivity contribution in [3.05, 3.63) is 107 Å². The van der Waals surface area contributed by atoms with Gasteiger partial charge in [-0.05, 0) is 53.4 Å². The number of hydrogen-bond acceptors (Lipinski definition) is 4. The minimum absolute atomic E-state index is 0.0291. The lowest BCUT2D eigenvalue weighted by molar-refractivity contribution is 0.0728. The van der Waals surface area contributed by atoms with E-state index in [1.54, 1.807) is 24.3 Å². The van der Waals surface area contributed by atoms with E-state index >= 15 is 0 Å². The van der Waals surface area contributed by atoms with E-state index in [0.717, 1.165) is 18.6 Å². The van der Waals surface area contributed by atoms with Crippen LogP contribution in [0, 0.1) is 23.3 Å². The molecule has 0 spiro atoms. The Kier molecular flexibility index (Phi) is 7.59. The van der Waals surface area contributed by atoms with E-state index < -0.39 is 46.7 Å². The van der Waals surface area contributed by atoms with E-state index in [0.29, 0.717) is 17.5 Å². The first-order valence-corrected chi connectivity index (χ1v) is 11.5. The molecular formula is C29H22F4O4. The maximum absolute atomic E-state index is 14.9. The summed E-state index contributed by atoms with van der Waals surface area (Å²) in [6, 6.07) is 16.2. The summed E-state index contributed by atoms with van der Waals surface area (Å²) in [7, 11) is 0. The monoisotopic (exact) mass is 510 g/mol. The second kappa shape index (κ2) is 10.8. The summed E-state index contributed by atoms with van der Waals surface area (Å²) in [4.78, 5) is 12.5. The fraction of sp³-hybridized carbons (Fsp3) is 0.138. The minimum atomic E-state index is -1.39. The molecule has 0 saturated carbocycles. The molecular weight excluding hydrogens is 488 g/mol.